The quantitative estimate of drug-likeness (QED) is 0.831. The molecule has 122 valence electrons. The van der Waals surface area contributed by atoms with Gasteiger partial charge >= 0.3 is 0 Å². The molecule has 1 amide bonds. The zero-order chi connectivity index (χ0) is 17.0. The Balaban J connectivity index is 2.03. The molecule has 0 aromatic heterocycles. The van der Waals surface area contributed by atoms with Crippen molar-refractivity contribution in [2.24, 2.45) is 0 Å². The van der Waals surface area contributed by atoms with Crippen molar-refractivity contribution in [3.63, 3.8) is 0 Å². The maximum atomic E-state index is 13.1. The highest BCUT2D eigenvalue weighted by Crippen LogP contribution is 2.19. The standard InChI is InChI=1S/C16H14F3NO3/c1-23-11-4-2-3-9(5-11)14(21)8-20-16(22)10-6-12(17)15(19)13(18)7-10/h2-7,14,21H,8H2,1H3,(H,20,22)/t14-/m1/s1. The third-order valence-electron chi connectivity index (χ3n) is 3.18. The largest absolute Gasteiger partial charge is 0.497 e. The third-order valence-corrected chi connectivity index (χ3v) is 3.18. The zero-order valence-electron chi connectivity index (χ0n) is 12.1. The van der Waals surface area contributed by atoms with E-state index in [1.54, 1.807) is 24.3 Å². The van der Waals surface area contributed by atoms with Crippen molar-refractivity contribution in [3.05, 3.63) is 65.0 Å². The summed E-state index contributed by atoms with van der Waals surface area (Å²) in [5.74, 6) is -4.84. The van der Waals surface area contributed by atoms with Crippen LogP contribution >= 0.6 is 0 Å². The fourth-order valence-electron chi connectivity index (χ4n) is 1.94. The molecule has 4 nitrogen and oxygen atoms in total. The summed E-state index contributed by atoms with van der Waals surface area (Å²) in [5, 5.41) is 12.3. The van der Waals surface area contributed by atoms with E-state index in [0.717, 1.165) is 0 Å². The first-order chi connectivity index (χ1) is 10.9. The highest BCUT2D eigenvalue weighted by Gasteiger charge is 2.16. The van der Waals surface area contributed by atoms with E-state index in [4.69, 9.17) is 4.74 Å². The van der Waals surface area contributed by atoms with Gasteiger partial charge in [-0.05, 0) is 29.8 Å². The molecule has 0 unspecified atom stereocenters. The Labute approximate surface area is 130 Å². The first-order valence-electron chi connectivity index (χ1n) is 6.67. The number of halogens is 3. The van der Waals surface area contributed by atoms with Crippen LogP contribution in [0, 0.1) is 17.5 Å². The summed E-state index contributed by atoms with van der Waals surface area (Å²) in [6.07, 6.45) is -1.04. The van der Waals surface area contributed by atoms with E-state index in [0.29, 0.717) is 23.4 Å². The molecule has 0 bridgehead atoms. The summed E-state index contributed by atoms with van der Waals surface area (Å²) in [6, 6.07) is 7.77. The van der Waals surface area contributed by atoms with Crippen molar-refractivity contribution in [3.8, 4) is 5.75 Å². The molecule has 0 saturated carbocycles. The highest BCUT2D eigenvalue weighted by molar-refractivity contribution is 5.94. The van der Waals surface area contributed by atoms with Crippen LogP contribution in [-0.2, 0) is 0 Å². The van der Waals surface area contributed by atoms with Gasteiger partial charge in [0.25, 0.3) is 5.91 Å². The highest BCUT2D eigenvalue weighted by atomic mass is 19.2. The molecule has 0 aliphatic carbocycles. The Bertz CT molecular complexity index is 698. The summed E-state index contributed by atoms with van der Waals surface area (Å²) < 4.78 is 44.0. The van der Waals surface area contributed by atoms with Gasteiger partial charge in [0.1, 0.15) is 5.75 Å². The Kier molecular flexibility index (Phi) is 5.23. The summed E-state index contributed by atoms with van der Waals surface area (Å²) in [7, 11) is 1.48. The lowest BCUT2D eigenvalue weighted by molar-refractivity contribution is 0.0915. The van der Waals surface area contributed by atoms with Crippen molar-refractivity contribution in [1.29, 1.82) is 0 Å². The number of carbonyl (C=O) groups is 1. The van der Waals surface area contributed by atoms with Crippen LogP contribution in [-0.4, -0.2) is 24.7 Å². The van der Waals surface area contributed by atoms with Gasteiger partial charge in [-0.1, -0.05) is 12.1 Å². The van der Waals surface area contributed by atoms with Gasteiger partial charge < -0.3 is 15.2 Å². The van der Waals surface area contributed by atoms with Crippen LogP contribution < -0.4 is 10.1 Å². The molecule has 0 aliphatic rings. The summed E-state index contributed by atoms with van der Waals surface area (Å²) in [4.78, 5) is 11.8. The Hall–Kier alpha value is -2.54. The molecule has 7 heteroatoms. The van der Waals surface area contributed by atoms with E-state index in [-0.39, 0.29) is 12.1 Å². The molecule has 0 aliphatic heterocycles. The topological polar surface area (TPSA) is 58.6 Å². The fraction of sp³-hybridized carbons (Fsp3) is 0.188. The van der Waals surface area contributed by atoms with Crippen molar-refractivity contribution in [2.75, 3.05) is 13.7 Å². The number of aliphatic hydroxyl groups excluding tert-OH is 1. The van der Waals surface area contributed by atoms with E-state index in [1.165, 1.54) is 7.11 Å². The summed E-state index contributed by atoms with van der Waals surface area (Å²) in [5.41, 5.74) is 0.125. The molecule has 0 fully saturated rings. The Morgan fingerprint density at radius 1 is 1.22 bits per heavy atom. The molecule has 2 rings (SSSR count). The number of carbonyl (C=O) groups excluding carboxylic acids is 1. The smallest absolute Gasteiger partial charge is 0.251 e. The SMILES string of the molecule is COc1cccc([C@H](O)CNC(=O)c2cc(F)c(F)c(F)c2)c1. The number of methoxy groups -OCH3 is 1. The summed E-state index contributed by atoms with van der Waals surface area (Å²) in [6.45, 7) is -0.188. The predicted octanol–water partition coefficient (Wildman–Crippen LogP) is 2.58. The zero-order valence-corrected chi connectivity index (χ0v) is 12.1. The van der Waals surface area contributed by atoms with Gasteiger partial charge in [-0.25, -0.2) is 13.2 Å². The van der Waals surface area contributed by atoms with Crippen LogP contribution in [0.5, 0.6) is 5.75 Å². The lowest BCUT2D eigenvalue weighted by atomic mass is 10.1. The van der Waals surface area contributed by atoms with Crippen molar-refractivity contribution in [1.82, 2.24) is 5.32 Å². The van der Waals surface area contributed by atoms with Gasteiger partial charge in [0.05, 0.1) is 13.2 Å². The van der Waals surface area contributed by atoms with Crippen LogP contribution in [0.2, 0.25) is 0 Å². The van der Waals surface area contributed by atoms with E-state index in [9.17, 15) is 23.1 Å². The number of aliphatic hydroxyl groups is 1. The van der Waals surface area contributed by atoms with E-state index < -0.39 is 29.5 Å². The van der Waals surface area contributed by atoms with Crippen LogP contribution in [0.1, 0.15) is 22.0 Å². The number of hydrogen-bond donors (Lipinski definition) is 2. The first kappa shape index (κ1) is 16.8. The van der Waals surface area contributed by atoms with Gasteiger partial charge in [-0.3, -0.25) is 4.79 Å². The van der Waals surface area contributed by atoms with E-state index >= 15 is 0 Å². The number of nitrogens with one attached hydrogen (secondary N) is 1. The van der Waals surface area contributed by atoms with Crippen LogP contribution in [0.3, 0.4) is 0 Å². The van der Waals surface area contributed by atoms with Gasteiger partial charge in [0.2, 0.25) is 0 Å². The molecule has 2 N–H and O–H groups in total. The number of rotatable bonds is 5. The van der Waals surface area contributed by atoms with Crippen molar-refractivity contribution in [2.45, 2.75) is 6.10 Å². The second-order valence-corrected chi connectivity index (χ2v) is 4.76. The summed E-state index contributed by atoms with van der Waals surface area (Å²) >= 11 is 0. The molecule has 0 spiro atoms. The molecule has 2 aromatic rings. The average Bonchev–Trinajstić information content (AvgIpc) is 2.56. The van der Waals surface area contributed by atoms with Gasteiger partial charge in [0, 0.05) is 12.1 Å². The molecule has 0 radical (unpaired) electrons. The van der Waals surface area contributed by atoms with Gasteiger partial charge in [-0.2, -0.15) is 0 Å². The fourth-order valence-corrected chi connectivity index (χ4v) is 1.94. The second-order valence-electron chi connectivity index (χ2n) is 4.76. The predicted molar refractivity (Wildman–Crippen MR) is 76.6 cm³/mol. The first-order valence-corrected chi connectivity index (χ1v) is 6.67. The number of amides is 1. The number of hydrogen-bond acceptors (Lipinski definition) is 3. The number of ether oxygens (including phenoxy) is 1. The van der Waals surface area contributed by atoms with Crippen molar-refractivity contribution >= 4 is 5.91 Å². The molecule has 1 atom stereocenters. The minimum Gasteiger partial charge on any atom is -0.497 e. The van der Waals surface area contributed by atoms with E-state index in [1.807, 2.05) is 0 Å². The number of benzene rings is 2. The van der Waals surface area contributed by atoms with Gasteiger partial charge in [-0.15, -0.1) is 0 Å². The molecular formula is C16H14F3NO3. The monoisotopic (exact) mass is 325 g/mol. The Morgan fingerprint density at radius 2 is 1.87 bits per heavy atom. The van der Waals surface area contributed by atoms with Crippen LogP contribution in [0.4, 0.5) is 13.2 Å². The third kappa shape index (κ3) is 4.01. The minimum absolute atomic E-state index is 0.188. The normalized spacial score (nSPS) is 11.9. The molecule has 2 aromatic carbocycles. The minimum atomic E-state index is -1.64. The lowest BCUT2D eigenvalue weighted by Gasteiger charge is -2.13. The average molecular weight is 325 g/mol. The van der Waals surface area contributed by atoms with Crippen molar-refractivity contribution < 1.29 is 27.8 Å². The molecule has 23 heavy (non-hydrogen) atoms. The lowest BCUT2D eigenvalue weighted by Crippen LogP contribution is -2.28. The second kappa shape index (κ2) is 7.15. The Morgan fingerprint density at radius 3 is 2.48 bits per heavy atom. The van der Waals surface area contributed by atoms with E-state index in [2.05, 4.69) is 5.32 Å². The molecular weight excluding hydrogens is 311 g/mol. The van der Waals surface area contributed by atoms with Crippen LogP contribution in [0.25, 0.3) is 0 Å². The maximum absolute atomic E-state index is 13.1. The molecule has 0 saturated heterocycles. The van der Waals surface area contributed by atoms with Gasteiger partial charge in [0.15, 0.2) is 17.5 Å². The maximum Gasteiger partial charge on any atom is 0.251 e. The molecule has 0 heterocycles. The van der Waals surface area contributed by atoms with Crippen LogP contribution in [0.15, 0.2) is 36.4 Å².